The molecular formula is C18H23NO. The molecule has 2 bridgehead atoms. The van der Waals surface area contributed by atoms with Gasteiger partial charge in [0.25, 0.3) is 0 Å². The third-order valence-electron chi connectivity index (χ3n) is 6.11. The fraction of sp³-hybridized carbons (Fsp3) is 0.611. The van der Waals surface area contributed by atoms with Gasteiger partial charge in [0.05, 0.1) is 6.04 Å². The predicted molar refractivity (Wildman–Crippen MR) is 80.2 cm³/mol. The molecule has 0 unspecified atom stereocenters. The maximum atomic E-state index is 13.0. The van der Waals surface area contributed by atoms with Crippen LogP contribution in [0.3, 0.4) is 0 Å². The van der Waals surface area contributed by atoms with E-state index in [0.29, 0.717) is 17.1 Å². The molecule has 3 aliphatic rings. The average Bonchev–Trinajstić information content (AvgIpc) is 2.46. The third kappa shape index (κ3) is 1.46. The number of likely N-dealkylation sites (N-methyl/N-ethyl adjacent to an activating group) is 1. The van der Waals surface area contributed by atoms with E-state index in [-0.39, 0.29) is 6.04 Å². The number of rotatable bonds is 0. The standard InChI is InChI=1S/C18H23NO/c1-12-6-7-13-15(11-12)18-8-4-3-5-14(18)16(17(13)20)19(2)10-9-18/h6-7,11,14,16H,3-5,8-10H2,1-2H3/t14-,16-,18+/m1/s1. The van der Waals surface area contributed by atoms with Crippen molar-refractivity contribution >= 4 is 5.78 Å². The van der Waals surface area contributed by atoms with Gasteiger partial charge in [-0.25, -0.2) is 0 Å². The molecule has 2 nitrogen and oxygen atoms in total. The second kappa shape index (κ2) is 4.17. The van der Waals surface area contributed by atoms with E-state index < -0.39 is 0 Å². The number of hydrogen-bond donors (Lipinski definition) is 0. The van der Waals surface area contributed by atoms with Gasteiger partial charge in [-0.3, -0.25) is 9.69 Å². The Morgan fingerprint density at radius 1 is 1.25 bits per heavy atom. The SMILES string of the molecule is Cc1ccc2c(c1)[C@]13CCCC[C@@H]1[C@H](C2=O)N(C)CC3. The summed E-state index contributed by atoms with van der Waals surface area (Å²) >= 11 is 0. The van der Waals surface area contributed by atoms with E-state index in [1.165, 1.54) is 43.2 Å². The molecule has 1 aromatic carbocycles. The van der Waals surface area contributed by atoms with Gasteiger partial charge in [0.2, 0.25) is 0 Å². The van der Waals surface area contributed by atoms with Crippen LogP contribution in [-0.2, 0) is 5.41 Å². The minimum Gasteiger partial charge on any atom is -0.296 e. The van der Waals surface area contributed by atoms with Gasteiger partial charge in [-0.2, -0.15) is 0 Å². The number of nitrogens with zero attached hydrogens (tertiary/aromatic N) is 1. The van der Waals surface area contributed by atoms with Crippen molar-refractivity contribution in [2.45, 2.75) is 50.5 Å². The van der Waals surface area contributed by atoms with Gasteiger partial charge < -0.3 is 0 Å². The van der Waals surface area contributed by atoms with Crippen LogP contribution in [0.4, 0.5) is 0 Å². The van der Waals surface area contributed by atoms with Gasteiger partial charge in [0, 0.05) is 11.0 Å². The molecule has 0 radical (unpaired) electrons. The Hall–Kier alpha value is -1.15. The van der Waals surface area contributed by atoms with Crippen LogP contribution in [0.5, 0.6) is 0 Å². The number of benzene rings is 1. The highest BCUT2D eigenvalue weighted by Crippen LogP contribution is 2.55. The quantitative estimate of drug-likeness (QED) is 0.720. The van der Waals surface area contributed by atoms with Crippen LogP contribution < -0.4 is 0 Å². The third-order valence-corrected chi connectivity index (χ3v) is 6.11. The molecule has 2 aliphatic carbocycles. The Morgan fingerprint density at radius 2 is 2.10 bits per heavy atom. The molecule has 0 amide bonds. The number of piperidine rings is 1. The molecule has 1 saturated carbocycles. The van der Waals surface area contributed by atoms with Crippen LogP contribution in [0.2, 0.25) is 0 Å². The van der Waals surface area contributed by atoms with Gasteiger partial charge in [0.15, 0.2) is 5.78 Å². The van der Waals surface area contributed by atoms with Gasteiger partial charge in [-0.15, -0.1) is 0 Å². The molecule has 2 heteroatoms. The topological polar surface area (TPSA) is 20.3 Å². The van der Waals surface area contributed by atoms with Crippen molar-refractivity contribution in [2.24, 2.45) is 5.92 Å². The molecule has 0 aromatic heterocycles. The van der Waals surface area contributed by atoms with E-state index in [2.05, 4.69) is 37.1 Å². The van der Waals surface area contributed by atoms with Crippen molar-refractivity contribution in [2.75, 3.05) is 13.6 Å². The maximum Gasteiger partial charge on any atom is 0.180 e. The zero-order valence-corrected chi connectivity index (χ0v) is 12.5. The Kier molecular flexibility index (Phi) is 2.62. The minimum atomic E-state index is 0.138. The molecule has 0 spiro atoms. The molecule has 1 saturated heterocycles. The normalized spacial score (nSPS) is 36.4. The van der Waals surface area contributed by atoms with Crippen molar-refractivity contribution in [3.63, 3.8) is 0 Å². The zero-order valence-electron chi connectivity index (χ0n) is 12.5. The fourth-order valence-electron chi connectivity index (χ4n) is 5.16. The summed E-state index contributed by atoms with van der Waals surface area (Å²) in [5, 5.41) is 0. The lowest BCUT2D eigenvalue weighted by molar-refractivity contribution is 0.00842. The highest BCUT2D eigenvalue weighted by Gasteiger charge is 2.56. The van der Waals surface area contributed by atoms with E-state index >= 15 is 0 Å². The van der Waals surface area contributed by atoms with Crippen molar-refractivity contribution in [3.8, 4) is 0 Å². The largest absolute Gasteiger partial charge is 0.296 e. The van der Waals surface area contributed by atoms with Gasteiger partial charge >= 0.3 is 0 Å². The highest BCUT2D eigenvalue weighted by atomic mass is 16.1. The number of carbonyl (C=O) groups excluding carboxylic acids is 1. The number of hydrogen-bond acceptors (Lipinski definition) is 2. The summed E-state index contributed by atoms with van der Waals surface area (Å²) in [6.45, 7) is 3.22. The summed E-state index contributed by atoms with van der Waals surface area (Å²) in [6.07, 6.45) is 6.37. The first-order valence-corrected chi connectivity index (χ1v) is 7.99. The maximum absolute atomic E-state index is 13.0. The number of ketones is 1. The first-order chi connectivity index (χ1) is 9.63. The number of carbonyl (C=O) groups is 1. The van der Waals surface area contributed by atoms with Crippen molar-refractivity contribution in [3.05, 3.63) is 34.9 Å². The van der Waals surface area contributed by atoms with Crippen LogP contribution in [-0.4, -0.2) is 30.3 Å². The second-order valence-electron chi connectivity index (χ2n) is 7.10. The van der Waals surface area contributed by atoms with Crippen molar-refractivity contribution in [1.29, 1.82) is 0 Å². The van der Waals surface area contributed by atoms with Gasteiger partial charge in [0.1, 0.15) is 0 Å². The van der Waals surface area contributed by atoms with Crippen molar-refractivity contribution in [1.82, 2.24) is 4.90 Å². The summed E-state index contributed by atoms with van der Waals surface area (Å²) in [5.41, 5.74) is 4.00. The first kappa shape index (κ1) is 12.6. The number of likely N-dealkylation sites (tertiary alicyclic amines) is 1. The highest BCUT2D eigenvalue weighted by molar-refractivity contribution is 6.03. The van der Waals surface area contributed by atoms with E-state index in [1.807, 2.05) is 0 Å². The number of aryl methyl sites for hydroxylation is 1. The lowest BCUT2D eigenvalue weighted by Gasteiger charge is -2.57. The molecule has 1 aromatic rings. The second-order valence-corrected chi connectivity index (χ2v) is 7.10. The lowest BCUT2D eigenvalue weighted by atomic mass is 9.52. The molecule has 0 N–H and O–H groups in total. The van der Waals surface area contributed by atoms with Gasteiger partial charge in [-0.05, 0) is 51.3 Å². The monoisotopic (exact) mass is 269 g/mol. The fourth-order valence-corrected chi connectivity index (χ4v) is 5.16. The van der Waals surface area contributed by atoms with Crippen LogP contribution in [0.25, 0.3) is 0 Å². The first-order valence-electron chi connectivity index (χ1n) is 7.99. The molecule has 1 aliphatic heterocycles. The van der Waals surface area contributed by atoms with Crippen LogP contribution in [0.1, 0.15) is 53.6 Å². The summed E-state index contributed by atoms with van der Waals surface area (Å²) in [4.78, 5) is 15.3. The van der Waals surface area contributed by atoms with E-state index in [1.54, 1.807) is 0 Å². The summed E-state index contributed by atoms with van der Waals surface area (Å²) in [7, 11) is 2.14. The Labute approximate surface area is 121 Å². The number of fused-ring (bicyclic) bond motifs is 1. The van der Waals surface area contributed by atoms with E-state index in [9.17, 15) is 4.79 Å². The summed E-state index contributed by atoms with van der Waals surface area (Å²) in [6, 6.07) is 6.64. The van der Waals surface area contributed by atoms with Crippen LogP contribution in [0, 0.1) is 12.8 Å². The summed E-state index contributed by atoms with van der Waals surface area (Å²) < 4.78 is 0. The Bertz CT molecular complexity index is 579. The predicted octanol–water partition coefficient (Wildman–Crippen LogP) is 3.32. The van der Waals surface area contributed by atoms with E-state index in [0.717, 1.165) is 12.1 Å². The number of Topliss-reactive ketones (excluding diaryl/α,β-unsaturated/α-hetero) is 1. The molecule has 20 heavy (non-hydrogen) atoms. The van der Waals surface area contributed by atoms with Crippen molar-refractivity contribution < 1.29 is 4.79 Å². The smallest absolute Gasteiger partial charge is 0.180 e. The molecule has 3 atom stereocenters. The molecule has 1 heterocycles. The minimum absolute atomic E-state index is 0.138. The van der Waals surface area contributed by atoms with E-state index in [4.69, 9.17) is 0 Å². The molecule has 106 valence electrons. The zero-order chi connectivity index (χ0) is 13.9. The Balaban J connectivity index is 1.97. The molecular weight excluding hydrogens is 246 g/mol. The van der Waals surface area contributed by atoms with Crippen LogP contribution >= 0.6 is 0 Å². The lowest BCUT2D eigenvalue weighted by Crippen LogP contribution is -2.62. The summed E-state index contributed by atoms with van der Waals surface area (Å²) in [5.74, 6) is 0.932. The van der Waals surface area contributed by atoms with Crippen LogP contribution in [0.15, 0.2) is 18.2 Å². The molecule has 4 rings (SSSR count). The Morgan fingerprint density at radius 3 is 2.95 bits per heavy atom. The molecule has 2 fully saturated rings. The van der Waals surface area contributed by atoms with Gasteiger partial charge in [-0.1, -0.05) is 36.6 Å². The average molecular weight is 269 g/mol.